The van der Waals surface area contributed by atoms with Gasteiger partial charge in [-0.1, -0.05) is 66.5 Å². The average Bonchev–Trinajstić information content (AvgIpc) is 2.30. The summed E-state index contributed by atoms with van der Waals surface area (Å²) in [5.41, 5.74) is 1.14. The van der Waals surface area contributed by atoms with Crippen molar-refractivity contribution >= 4 is 21.7 Å². The van der Waals surface area contributed by atoms with E-state index in [-0.39, 0.29) is 11.7 Å². The molecular weight excluding hydrogens is 252 g/mol. The Balaban J connectivity index is 2.96. The Hall–Kier alpha value is -0.630. The first-order valence-corrected chi connectivity index (χ1v) is 6.46. The number of benzene rings is 1. The molecule has 0 amide bonds. The van der Waals surface area contributed by atoms with E-state index in [0.29, 0.717) is 11.2 Å². The van der Waals surface area contributed by atoms with Crippen LogP contribution >= 0.6 is 15.9 Å². The minimum atomic E-state index is 0.0376. The molecule has 1 aromatic rings. The summed E-state index contributed by atoms with van der Waals surface area (Å²) in [6, 6.07) is 10.0. The molecule has 0 bridgehead atoms. The summed E-state index contributed by atoms with van der Waals surface area (Å²) in [6.45, 7) is 4.26. The summed E-state index contributed by atoms with van der Waals surface area (Å²) in [4.78, 5) is 11.9. The van der Waals surface area contributed by atoms with Gasteiger partial charge in [0.05, 0.1) is 5.33 Å². The second-order valence-corrected chi connectivity index (χ2v) is 4.43. The van der Waals surface area contributed by atoms with Crippen LogP contribution in [0.4, 0.5) is 0 Å². The van der Waals surface area contributed by atoms with Gasteiger partial charge in [0, 0.05) is 5.92 Å². The fraction of sp³-hybridized carbons (Fsp3) is 0.462. The first-order valence-electron chi connectivity index (χ1n) is 5.34. The van der Waals surface area contributed by atoms with Crippen LogP contribution in [-0.2, 0) is 4.79 Å². The molecule has 0 aromatic heterocycles. The lowest BCUT2D eigenvalue weighted by atomic mass is 9.83. The zero-order valence-electron chi connectivity index (χ0n) is 9.24. The van der Waals surface area contributed by atoms with Crippen molar-refractivity contribution in [3.63, 3.8) is 0 Å². The van der Waals surface area contributed by atoms with Gasteiger partial charge in [-0.25, -0.2) is 0 Å². The highest BCUT2D eigenvalue weighted by atomic mass is 79.9. The van der Waals surface area contributed by atoms with Crippen molar-refractivity contribution < 1.29 is 4.79 Å². The zero-order valence-corrected chi connectivity index (χ0v) is 10.8. The second-order valence-electron chi connectivity index (χ2n) is 3.87. The Bertz CT molecular complexity index is 308. The number of carbonyl (C=O) groups excluding carboxylic acids is 1. The van der Waals surface area contributed by atoms with Crippen LogP contribution < -0.4 is 0 Å². The molecule has 2 heteroatoms. The van der Waals surface area contributed by atoms with E-state index < -0.39 is 0 Å². The summed E-state index contributed by atoms with van der Waals surface area (Å²) in [7, 11) is 0. The first kappa shape index (κ1) is 12.4. The third-order valence-corrected chi connectivity index (χ3v) is 3.40. The molecule has 0 aliphatic heterocycles. The van der Waals surface area contributed by atoms with Gasteiger partial charge in [-0.3, -0.25) is 4.79 Å². The van der Waals surface area contributed by atoms with Gasteiger partial charge < -0.3 is 0 Å². The Labute approximate surface area is 100 Å². The minimum Gasteiger partial charge on any atom is -0.298 e. The highest BCUT2D eigenvalue weighted by molar-refractivity contribution is 9.09. The van der Waals surface area contributed by atoms with Crippen LogP contribution in [0, 0.1) is 5.92 Å². The van der Waals surface area contributed by atoms with Crippen LogP contribution in [0.1, 0.15) is 31.7 Å². The summed E-state index contributed by atoms with van der Waals surface area (Å²) in [5.74, 6) is 0.712. The van der Waals surface area contributed by atoms with Crippen molar-refractivity contribution in [2.75, 3.05) is 5.33 Å². The van der Waals surface area contributed by atoms with Crippen LogP contribution in [-0.4, -0.2) is 11.1 Å². The number of Topliss-reactive ketones (excluding diaryl/α,β-unsaturated/α-hetero) is 1. The predicted octanol–water partition coefficient (Wildman–Crippen LogP) is 3.78. The molecule has 0 radical (unpaired) electrons. The molecule has 0 saturated heterocycles. The number of hydrogen-bond donors (Lipinski definition) is 0. The van der Waals surface area contributed by atoms with Gasteiger partial charge in [-0.05, 0) is 11.5 Å². The van der Waals surface area contributed by atoms with Gasteiger partial charge in [0.15, 0.2) is 5.78 Å². The monoisotopic (exact) mass is 268 g/mol. The Morgan fingerprint density at radius 2 is 1.93 bits per heavy atom. The second kappa shape index (κ2) is 6.06. The van der Waals surface area contributed by atoms with Crippen molar-refractivity contribution in [3.05, 3.63) is 35.9 Å². The molecule has 1 nitrogen and oxygen atoms in total. The van der Waals surface area contributed by atoms with Crippen molar-refractivity contribution in [1.29, 1.82) is 0 Å². The van der Waals surface area contributed by atoms with Gasteiger partial charge in [0.2, 0.25) is 0 Å². The van der Waals surface area contributed by atoms with E-state index in [2.05, 4.69) is 29.8 Å². The molecule has 0 aliphatic rings. The van der Waals surface area contributed by atoms with Crippen LogP contribution in [0.15, 0.2) is 30.3 Å². The van der Waals surface area contributed by atoms with Crippen molar-refractivity contribution in [3.8, 4) is 0 Å². The lowest BCUT2D eigenvalue weighted by Crippen LogP contribution is -2.20. The summed E-state index contributed by atoms with van der Waals surface area (Å²) in [5, 5.41) is 0.441. The van der Waals surface area contributed by atoms with E-state index in [0.717, 1.165) is 12.0 Å². The van der Waals surface area contributed by atoms with Gasteiger partial charge in [-0.2, -0.15) is 0 Å². The summed E-state index contributed by atoms with van der Waals surface area (Å²) in [6.07, 6.45) is 1.03. The molecule has 0 spiro atoms. The molecular formula is C13H17BrO. The molecule has 0 aliphatic carbocycles. The average molecular weight is 269 g/mol. The van der Waals surface area contributed by atoms with E-state index in [9.17, 15) is 4.79 Å². The predicted molar refractivity (Wildman–Crippen MR) is 67.4 cm³/mol. The summed E-state index contributed by atoms with van der Waals surface area (Å²) >= 11 is 3.26. The Morgan fingerprint density at radius 1 is 1.33 bits per heavy atom. The molecule has 15 heavy (non-hydrogen) atoms. The maximum absolute atomic E-state index is 11.9. The van der Waals surface area contributed by atoms with E-state index in [1.165, 1.54) is 0 Å². The molecule has 82 valence electrons. The van der Waals surface area contributed by atoms with Gasteiger partial charge in [0.25, 0.3) is 0 Å². The SMILES string of the molecule is CCC(C)C(C(=O)CBr)c1ccccc1. The van der Waals surface area contributed by atoms with Crippen molar-refractivity contribution in [1.82, 2.24) is 0 Å². The zero-order chi connectivity index (χ0) is 11.3. The number of carbonyl (C=O) groups is 1. The largest absolute Gasteiger partial charge is 0.298 e. The van der Waals surface area contributed by atoms with E-state index in [1.54, 1.807) is 0 Å². The van der Waals surface area contributed by atoms with Crippen LogP contribution in [0.2, 0.25) is 0 Å². The third kappa shape index (κ3) is 3.16. The molecule has 0 saturated carbocycles. The van der Waals surface area contributed by atoms with E-state index >= 15 is 0 Å². The maximum Gasteiger partial charge on any atom is 0.151 e. The van der Waals surface area contributed by atoms with Crippen molar-refractivity contribution in [2.45, 2.75) is 26.2 Å². The number of hydrogen-bond acceptors (Lipinski definition) is 1. The van der Waals surface area contributed by atoms with Crippen LogP contribution in [0.3, 0.4) is 0 Å². The van der Waals surface area contributed by atoms with Crippen molar-refractivity contribution in [2.24, 2.45) is 5.92 Å². The smallest absolute Gasteiger partial charge is 0.151 e. The van der Waals surface area contributed by atoms with Crippen LogP contribution in [0.25, 0.3) is 0 Å². The maximum atomic E-state index is 11.9. The molecule has 0 N–H and O–H groups in total. The minimum absolute atomic E-state index is 0.0376. The quantitative estimate of drug-likeness (QED) is 0.743. The lowest BCUT2D eigenvalue weighted by Gasteiger charge is -2.21. The fourth-order valence-electron chi connectivity index (χ4n) is 1.81. The number of rotatable bonds is 5. The van der Waals surface area contributed by atoms with E-state index in [1.807, 2.05) is 30.3 Å². The molecule has 1 rings (SSSR count). The van der Waals surface area contributed by atoms with E-state index in [4.69, 9.17) is 0 Å². The first-order chi connectivity index (χ1) is 7.20. The van der Waals surface area contributed by atoms with Gasteiger partial charge in [-0.15, -0.1) is 0 Å². The topological polar surface area (TPSA) is 17.1 Å². The van der Waals surface area contributed by atoms with Gasteiger partial charge in [0.1, 0.15) is 0 Å². The molecule has 0 fully saturated rings. The van der Waals surface area contributed by atoms with Crippen LogP contribution in [0.5, 0.6) is 0 Å². The number of ketones is 1. The molecule has 1 aromatic carbocycles. The Morgan fingerprint density at radius 3 is 2.40 bits per heavy atom. The third-order valence-electron chi connectivity index (χ3n) is 2.85. The van der Waals surface area contributed by atoms with Gasteiger partial charge >= 0.3 is 0 Å². The molecule has 2 atom stereocenters. The number of alkyl halides is 1. The fourth-order valence-corrected chi connectivity index (χ4v) is 2.16. The molecule has 2 unspecified atom stereocenters. The Kier molecular flexibility index (Phi) is 5.03. The standard InChI is InChI=1S/C13H17BrO/c1-3-10(2)13(12(15)9-14)11-7-5-4-6-8-11/h4-8,10,13H,3,9H2,1-2H3. The highest BCUT2D eigenvalue weighted by Crippen LogP contribution is 2.28. The summed E-state index contributed by atoms with van der Waals surface area (Å²) < 4.78 is 0. The number of halogens is 1. The molecule has 0 heterocycles. The normalized spacial score (nSPS) is 14.6. The highest BCUT2D eigenvalue weighted by Gasteiger charge is 2.24. The lowest BCUT2D eigenvalue weighted by molar-refractivity contribution is -0.118.